The predicted molar refractivity (Wildman–Crippen MR) is 81.9 cm³/mol. The molecule has 0 bridgehead atoms. The molecule has 0 aromatic heterocycles. The van der Waals surface area contributed by atoms with Crippen molar-refractivity contribution >= 4 is 15.9 Å². The SMILES string of the molecule is Cc1ccc(C(C#N)NC2CCCCCC2)cc1Br. The number of hydrogen-bond acceptors (Lipinski definition) is 2. The van der Waals surface area contributed by atoms with E-state index in [4.69, 9.17) is 0 Å². The summed E-state index contributed by atoms with van der Waals surface area (Å²) in [5.41, 5.74) is 2.26. The summed E-state index contributed by atoms with van der Waals surface area (Å²) in [6.45, 7) is 2.06. The molecule has 0 heterocycles. The minimum Gasteiger partial charge on any atom is -0.295 e. The van der Waals surface area contributed by atoms with Crippen LogP contribution in [-0.2, 0) is 0 Å². The van der Waals surface area contributed by atoms with Crippen molar-refractivity contribution in [2.45, 2.75) is 57.5 Å². The van der Waals surface area contributed by atoms with E-state index in [1.165, 1.54) is 44.1 Å². The molecule has 0 aliphatic heterocycles. The van der Waals surface area contributed by atoms with Gasteiger partial charge in [0.25, 0.3) is 0 Å². The molecule has 2 rings (SSSR count). The van der Waals surface area contributed by atoms with E-state index in [1.54, 1.807) is 0 Å². The number of nitrogens with one attached hydrogen (secondary N) is 1. The van der Waals surface area contributed by atoms with Gasteiger partial charge >= 0.3 is 0 Å². The Morgan fingerprint density at radius 3 is 2.53 bits per heavy atom. The van der Waals surface area contributed by atoms with Gasteiger partial charge < -0.3 is 0 Å². The lowest BCUT2D eigenvalue weighted by Gasteiger charge is -2.21. The number of hydrogen-bond donors (Lipinski definition) is 1. The van der Waals surface area contributed by atoms with Crippen molar-refractivity contribution in [3.63, 3.8) is 0 Å². The Morgan fingerprint density at radius 1 is 1.26 bits per heavy atom. The highest BCUT2D eigenvalue weighted by Crippen LogP contribution is 2.24. The molecule has 1 saturated carbocycles. The highest BCUT2D eigenvalue weighted by atomic mass is 79.9. The molecule has 1 aromatic carbocycles. The monoisotopic (exact) mass is 320 g/mol. The van der Waals surface area contributed by atoms with Gasteiger partial charge in [-0.1, -0.05) is 53.7 Å². The van der Waals surface area contributed by atoms with Crippen molar-refractivity contribution in [2.24, 2.45) is 0 Å². The van der Waals surface area contributed by atoms with E-state index in [2.05, 4.69) is 52.4 Å². The number of nitrogens with zero attached hydrogens (tertiary/aromatic N) is 1. The van der Waals surface area contributed by atoms with Crippen molar-refractivity contribution in [2.75, 3.05) is 0 Å². The van der Waals surface area contributed by atoms with Gasteiger partial charge in [-0.15, -0.1) is 0 Å². The second-order valence-corrected chi connectivity index (χ2v) is 6.28. The largest absolute Gasteiger partial charge is 0.295 e. The minimum absolute atomic E-state index is 0.194. The number of benzene rings is 1. The van der Waals surface area contributed by atoms with Gasteiger partial charge in [0.15, 0.2) is 0 Å². The summed E-state index contributed by atoms with van der Waals surface area (Å²) in [5.74, 6) is 0. The molecule has 0 saturated heterocycles. The summed E-state index contributed by atoms with van der Waals surface area (Å²) in [4.78, 5) is 0. The Hall–Kier alpha value is -0.850. The van der Waals surface area contributed by atoms with Gasteiger partial charge in [-0.25, -0.2) is 0 Å². The van der Waals surface area contributed by atoms with Gasteiger partial charge in [0.2, 0.25) is 0 Å². The highest BCUT2D eigenvalue weighted by Gasteiger charge is 2.18. The number of rotatable bonds is 3. The van der Waals surface area contributed by atoms with Crippen LogP contribution in [0.4, 0.5) is 0 Å². The Morgan fingerprint density at radius 2 is 1.95 bits per heavy atom. The molecular weight excluding hydrogens is 300 g/mol. The molecule has 1 aromatic rings. The summed E-state index contributed by atoms with van der Waals surface area (Å²) in [6.07, 6.45) is 7.65. The first-order valence-electron chi connectivity index (χ1n) is 7.12. The van der Waals surface area contributed by atoms with Crippen LogP contribution in [0.2, 0.25) is 0 Å². The molecule has 1 unspecified atom stereocenters. The molecule has 0 spiro atoms. The zero-order valence-electron chi connectivity index (χ0n) is 11.5. The fraction of sp³-hybridized carbons (Fsp3) is 0.562. The van der Waals surface area contributed by atoms with Crippen LogP contribution in [0, 0.1) is 18.3 Å². The van der Waals surface area contributed by atoms with E-state index in [-0.39, 0.29) is 6.04 Å². The van der Waals surface area contributed by atoms with Crippen LogP contribution in [0.5, 0.6) is 0 Å². The Bertz CT molecular complexity index is 456. The molecule has 1 N–H and O–H groups in total. The van der Waals surface area contributed by atoms with Crippen LogP contribution in [0.15, 0.2) is 22.7 Å². The molecule has 102 valence electrons. The van der Waals surface area contributed by atoms with Crippen molar-refractivity contribution < 1.29 is 0 Å². The van der Waals surface area contributed by atoms with E-state index in [0.29, 0.717) is 6.04 Å². The summed E-state index contributed by atoms with van der Waals surface area (Å²) in [6, 6.07) is 8.88. The number of nitriles is 1. The normalized spacial score (nSPS) is 18.6. The van der Waals surface area contributed by atoms with Crippen LogP contribution in [0.3, 0.4) is 0 Å². The lowest BCUT2D eigenvalue weighted by atomic mass is 10.0. The van der Waals surface area contributed by atoms with Gasteiger partial charge in [0.1, 0.15) is 6.04 Å². The predicted octanol–water partition coefficient (Wildman–Crippen LogP) is 4.63. The first kappa shape index (κ1) is 14.6. The maximum atomic E-state index is 9.41. The quantitative estimate of drug-likeness (QED) is 0.824. The van der Waals surface area contributed by atoms with E-state index in [0.717, 1.165) is 10.0 Å². The highest BCUT2D eigenvalue weighted by molar-refractivity contribution is 9.10. The molecule has 1 aliphatic carbocycles. The smallest absolute Gasteiger partial charge is 0.121 e. The van der Waals surface area contributed by atoms with E-state index < -0.39 is 0 Å². The average Bonchev–Trinajstić information content (AvgIpc) is 2.68. The van der Waals surface area contributed by atoms with E-state index >= 15 is 0 Å². The fourth-order valence-electron chi connectivity index (χ4n) is 2.68. The third-order valence-electron chi connectivity index (χ3n) is 3.92. The molecule has 1 fully saturated rings. The maximum absolute atomic E-state index is 9.41. The van der Waals surface area contributed by atoms with Crippen LogP contribution >= 0.6 is 15.9 Å². The van der Waals surface area contributed by atoms with Crippen molar-refractivity contribution in [3.05, 3.63) is 33.8 Å². The van der Waals surface area contributed by atoms with Crippen LogP contribution < -0.4 is 5.32 Å². The molecule has 1 atom stereocenters. The number of aryl methyl sites for hydroxylation is 1. The third-order valence-corrected chi connectivity index (χ3v) is 4.77. The standard InChI is InChI=1S/C16H21BrN2/c1-12-8-9-13(10-15(12)17)16(11-18)19-14-6-4-2-3-5-7-14/h8-10,14,16,19H,2-7H2,1H3. The van der Waals surface area contributed by atoms with Crippen molar-refractivity contribution in [1.82, 2.24) is 5.32 Å². The van der Waals surface area contributed by atoms with Gasteiger partial charge in [-0.05, 0) is 37.0 Å². The third kappa shape index (κ3) is 4.06. The van der Waals surface area contributed by atoms with Gasteiger partial charge in [0.05, 0.1) is 6.07 Å². The van der Waals surface area contributed by atoms with Gasteiger partial charge in [-0.3, -0.25) is 5.32 Å². The molecule has 0 amide bonds. The molecule has 1 aliphatic rings. The van der Waals surface area contributed by atoms with Crippen LogP contribution in [0.25, 0.3) is 0 Å². The molecule has 2 nitrogen and oxygen atoms in total. The van der Waals surface area contributed by atoms with Crippen molar-refractivity contribution in [1.29, 1.82) is 5.26 Å². The first-order valence-corrected chi connectivity index (χ1v) is 7.91. The zero-order valence-corrected chi connectivity index (χ0v) is 13.0. The Balaban J connectivity index is 2.06. The molecule has 19 heavy (non-hydrogen) atoms. The second-order valence-electron chi connectivity index (χ2n) is 5.43. The fourth-order valence-corrected chi connectivity index (χ4v) is 3.07. The zero-order chi connectivity index (χ0) is 13.7. The Labute approximate surface area is 124 Å². The van der Waals surface area contributed by atoms with E-state index in [9.17, 15) is 5.26 Å². The van der Waals surface area contributed by atoms with Gasteiger partial charge in [0, 0.05) is 10.5 Å². The summed E-state index contributed by atoms with van der Waals surface area (Å²) >= 11 is 3.54. The van der Waals surface area contributed by atoms with E-state index in [1.807, 2.05) is 0 Å². The topological polar surface area (TPSA) is 35.8 Å². The lowest BCUT2D eigenvalue weighted by Crippen LogP contribution is -2.31. The lowest BCUT2D eigenvalue weighted by molar-refractivity contribution is 0.436. The van der Waals surface area contributed by atoms with Crippen LogP contribution in [-0.4, -0.2) is 6.04 Å². The maximum Gasteiger partial charge on any atom is 0.121 e. The van der Waals surface area contributed by atoms with Gasteiger partial charge in [-0.2, -0.15) is 5.26 Å². The van der Waals surface area contributed by atoms with Crippen LogP contribution in [0.1, 0.15) is 55.7 Å². The first-order chi connectivity index (χ1) is 9.20. The second kappa shape index (κ2) is 7.07. The number of halogens is 1. The summed E-state index contributed by atoms with van der Waals surface area (Å²) in [7, 11) is 0. The summed E-state index contributed by atoms with van der Waals surface area (Å²) in [5, 5.41) is 12.9. The molecule has 3 heteroatoms. The molecular formula is C16H21BrN2. The summed E-state index contributed by atoms with van der Waals surface area (Å²) < 4.78 is 1.08. The molecule has 0 radical (unpaired) electrons. The Kier molecular flexibility index (Phi) is 5.42. The van der Waals surface area contributed by atoms with Crippen molar-refractivity contribution in [3.8, 4) is 6.07 Å². The average molecular weight is 321 g/mol. The minimum atomic E-state index is -0.194.